The van der Waals surface area contributed by atoms with Crippen molar-refractivity contribution < 1.29 is 4.74 Å². The van der Waals surface area contributed by atoms with Gasteiger partial charge in [0.15, 0.2) is 0 Å². The maximum Gasteiger partial charge on any atom is 0.144 e. The van der Waals surface area contributed by atoms with Crippen LogP contribution in [0.25, 0.3) is 0 Å². The van der Waals surface area contributed by atoms with Gasteiger partial charge in [-0.25, -0.2) is 4.98 Å². The minimum absolute atomic E-state index is 0.559. The molecule has 0 unspecified atom stereocenters. The predicted molar refractivity (Wildman–Crippen MR) is 59.9 cm³/mol. The van der Waals surface area contributed by atoms with Gasteiger partial charge in [0.1, 0.15) is 5.82 Å². The van der Waals surface area contributed by atoms with Crippen molar-refractivity contribution in [2.24, 2.45) is 5.73 Å². The number of anilines is 1. The molecule has 1 aromatic rings. The standard InChI is InChI=1S/C10H18N4O/c1-8-9(2)14-10(7-13-8)12-4-6-15-5-3-11/h7H,3-6,11H2,1-2H3,(H,12,14). The van der Waals surface area contributed by atoms with Gasteiger partial charge in [0, 0.05) is 13.1 Å². The van der Waals surface area contributed by atoms with Gasteiger partial charge in [0.05, 0.1) is 30.8 Å². The fraction of sp³-hybridized carbons (Fsp3) is 0.600. The Bertz CT molecular complexity index is 303. The molecule has 0 spiro atoms. The number of aromatic nitrogens is 2. The quantitative estimate of drug-likeness (QED) is 0.668. The third kappa shape index (κ3) is 4.22. The number of nitrogens with one attached hydrogen (secondary N) is 1. The third-order valence-electron chi connectivity index (χ3n) is 2.01. The Morgan fingerprint density at radius 1 is 1.33 bits per heavy atom. The zero-order valence-electron chi connectivity index (χ0n) is 9.29. The topological polar surface area (TPSA) is 73.1 Å². The van der Waals surface area contributed by atoms with E-state index in [1.807, 2.05) is 13.8 Å². The van der Waals surface area contributed by atoms with Gasteiger partial charge in [-0.15, -0.1) is 0 Å². The van der Waals surface area contributed by atoms with Crippen LogP contribution in [-0.2, 0) is 4.74 Å². The van der Waals surface area contributed by atoms with Gasteiger partial charge in [-0.05, 0) is 13.8 Å². The number of hydrogen-bond donors (Lipinski definition) is 2. The van der Waals surface area contributed by atoms with Crippen LogP contribution >= 0.6 is 0 Å². The monoisotopic (exact) mass is 210 g/mol. The number of ether oxygens (including phenoxy) is 1. The molecule has 0 saturated heterocycles. The van der Waals surface area contributed by atoms with Gasteiger partial charge < -0.3 is 15.8 Å². The first-order chi connectivity index (χ1) is 7.24. The molecular weight excluding hydrogens is 192 g/mol. The summed E-state index contributed by atoms with van der Waals surface area (Å²) in [5, 5.41) is 3.13. The van der Waals surface area contributed by atoms with Crippen LogP contribution in [0.4, 0.5) is 5.82 Å². The number of hydrogen-bond acceptors (Lipinski definition) is 5. The maximum atomic E-state index is 5.29. The third-order valence-corrected chi connectivity index (χ3v) is 2.01. The van der Waals surface area contributed by atoms with Crippen molar-refractivity contribution in [2.75, 3.05) is 31.6 Å². The molecule has 15 heavy (non-hydrogen) atoms. The number of aryl methyl sites for hydroxylation is 2. The summed E-state index contributed by atoms with van der Waals surface area (Å²) in [4.78, 5) is 8.54. The second kappa shape index (κ2) is 6.31. The summed E-state index contributed by atoms with van der Waals surface area (Å²) in [5.74, 6) is 0.787. The van der Waals surface area contributed by atoms with Crippen LogP contribution in [0.3, 0.4) is 0 Å². The van der Waals surface area contributed by atoms with Gasteiger partial charge in [-0.3, -0.25) is 4.98 Å². The molecule has 0 atom stereocenters. The highest BCUT2D eigenvalue weighted by Crippen LogP contribution is 2.04. The van der Waals surface area contributed by atoms with E-state index >= 15 is 0 Å². The first-order valence-corrected chi connectivity index (χ1v) is 5.06. The lowest BCUT2D eigenvalue weighted by Gasteiger charge is -2.07. The molecule has 5 nitrogen and oxygen atoms in total. The highest BCUT2D eigenvalue weighted by molar-refractivity contribution is 5.33. The van der Waals surface area contributed by atoms with Crippen molar-refractivity contribution in [3.63, 3.8) is 0 Å². The van der Waals surface area contributed by atoms with Crippen molar-refractivity contribution in [1.29, 1.82) is 0 Å². The van der Waals surface area contributed by atoms with E-state index in [4.69, 9.17) is 10.5 Å². The first kappa shape index (κ1) is 11.9. The average Bonchev–Trinajstić information content (AvgIpc) is 2.23. The minimum atomic E-state index is 0.559. The van der Waals surface area contributed by atoms with Crippen LogP contribution in [-0.4, -0.2) is 36.3 Å². The molecule has 5 heteroatoms. The van der Waals surface area contributed by atoms with Crippen LogP contribution in [0.2, 0.25) is 0 Å². The van der Waals surface area contributed by atoms with Crippen LogP contribution in [0, 0.1) is 13.8 Å². The summed E-state index contributed by atoms with van der Waals surface area (Å²) < 4.78 is 5.22. The smallest absolute Gasteiger partial charge is 0.144 e. The van der Waals surface area contributed by atoms with Gasteiger partial charge in [0.25, 0.3) is 0 Å². The van der Waals surface area contributed by atoms with E-state index in [1.165, 1.54) is 0 Å². The number of nitrogens with zero attached hydrogens (tertiary/aromatic N) is 2. The molecule has 84 valence electrons. The van der Waals surface area contributed by atoms with Crippen molar-refractivity contribution >= 4 is 5.82 Å². The molecule has 0 aliphatic heterocycles. The van der Waals surface area contributed by atoms with Crippen LogP contribution in [0.1, 0.15) is 11.4 Å². The largest absolute Gasteiger partial charge is 0.378 e. The van der Waals surface area contributed by atoms with Crippen molar-refractivity contribution in [3.8, 4) is 0 Å². The normalized spacial score (nSPS) is 10.3. The molecule has 0 fully saturated rings. The average molecular weight is 210 g/mol. The lowest BCUT2D eigenvalue weighted by atomic mass is 10.3. The zero-order valence-corrected chi connectivity index (χ0v) is 9.29. The fourth-order valence-electron chi connectivity index (χ4n) is 1.06. The Labute approximate surface area is 90.1 Å². The lowest BCUT2D eigenvalue weighted by molar-refractivity contribution is 0.151. The van der Waals surface area contributed by atoms with Gasteiger partial charge >= 0.3 is 0 Å². The van der Waals surface area contributed by atoms with E-state index in [9.17, 15) is 0 Å². The molecule has 0 aliphatic carbocycles. The van der Waals surface area contributed by atoms with Gasteiger partial charge in [0.2, 0.25) is 0 Å². The van der Waals surface area contributed by atoms with Gasteiger partial charge in [-0.2, -0.15) is 0 Å². The highest BCUT2D eigenvalue weighted by Gasteiger charge is 1.98. The highest BCUT2D eigenvalue weighted by atomic mass is 16.5. The fourth-order valence-corrected chi connectivity index (χ4v) is 1.06. The molecule has 0 aliphatic rings. The first-order valence-electron chi connectivity index (χ1n) is 5.06. The SMILES string of the molecule is Cc1ncc(NCCOCCN)nc1C. The molecule has 0 amide bonds. The summed E-state index contributed by atoms with van der Waals surface area (Å²) in [5.41, 5.74) is 7.20. The van der Waals surface area contributed by atoms with Crippen LogP contribution in [0.15, 0.2) is 6.20 Å². The van der Waals surface area contributed by atoms with E-state index in [2.05, 4.69) is 15.3 Å². The second-order valence-corrected chi connectivity index (χ2v) is 3.25. The molecule has 1 rings (SSSR count). The number of rotatable bonds is 6. The molecule has 0 aromatic carbocycles. The Morgan fingerprint density at radius 2 is 2.13 bits per heavy atom. The Kier molecular flexibility index (Phi) is 5.00. The zero-order chi connectivity index (χ0) is 11.1. The Morgan fingerprint density at radius 3 is 2.80 bits per heavy atom. The molecule has 0 radical (unpaired) electrons. The van der Waals surface area contributed by atoms with E-state index in [1.54, 1.807) is 6.20 Å². The summed E-state index contributed by atoms with van der Waals surface area (Å²) in [6, 6.07) is 0. The van der Waals surface area contributed by atoms with E-state index in [0.29, 0.717) is 19.8 Å². The van der Waals surface area contributed by atoms with Crippen LogP contribution < -0.4 is 11.1 Å². The molecular formula is C10H18N4O. The summed E-state index contributed by atoms with van der Waals surface area (Å²) in [6.07, 6.45) is 1.73. The van der Waals surface area contributed by atoms with Crippen molar-refractivity contribution in [2.45, 2.75) is 13.8 Å². The summed E-state index contributed by atoms with van der Waals surface area (Å²) in [6.45, 7) is 6.39. The minimum Gasteiger partial charge on any atom is -0.378 e. The summed E-state index contributed by atoms with van der Waals surface area (Å²) >= 11 is 0. The maximum absolute atomic E-state index is 5.29. The second-order valence-electron chi connectivity index (χ2n) is 3.25. The van der Waals surface area contributed by atoms with Crippen molar-refractivity contribution in [3.05, 3.63) is 17.6 Å². The molecule has 0 saturated carbocycles. The molecule has 1 heterocycles. The van der Waals surface area contributed by atoms with E-state index < -0.39 is 0 Å². The lowest BCUT2D eigenvalue weighted by Crippen LogP contribution is -2.15. The Hall–Kier alpha value is -1.20. The van der Waals surface area contributed by atoms with Crippen LogP contribution in [0.5, 0.6) is 0 Å². The van der Waals surface area contributed by atoms with Gasteiger partial charge in [-0.1, -0.05) is 0 Å². The van der Waals surface area contributed by atoms with E-state index in [0.717, 1.165) is 23.8 Å². The van der Waals surface area contributed by atoms with E-state index in [-0.39, 0.29) is 0 Å². The predicted octanol–water partition coefficient (Wildman–Crippen LogP) is 0.481. The summed E-state index contributed by atoms with van der Waals surface area (Å²) in [7, 11) is 0. The number of nitrogens with two attached hydrogens (primary N) is 1. The van der Waals surface area contributed by atoms with Crippen molar-refractivity contribution in [1.82, 2.24) is 9.97 Å². The molecule has 0 bridgehead atoms. The molecule has 3 N–H and O–H groups in total. The molecule has 1 aromatic heterocycles. The Balaban J connectivity index is 2.28.